The molecule has 6 nitrogen and oxygen atoms in total. The van der Waals surface area contributed by atoms with Crippen LogP contribution in [-0.2, 0) is 11.3 Å². The number of ether oxygens (including phenoxy) is 1. The first-order valence-electron chi connectivity index (χ1n) is 4.86. The summed E-state index contributed by atoms with van der Waals surface area (Å²) in [4.78, 5) is 10.7. The van der Waals surface area contributed by atoms with Crippen LogP contribution in [0, 0.1) is 0 Å². The van der Waals surface area contributed by atoms with Gasteiger partial charge in [-0.15, -0.1) is 10.2 Å². The number of carboxylic acids is 1. The van der Waals surface area contributed by atoms with E-state index in [0.717, 1.165) is 0 Å². The Morgan fingerprint density at radius 3 is 2.65 bits per heavy atom. The molecule has 0 radical (unpaired) electrons. The zero-order valence-electron chi connectivity index (χ0n) is 9.08. The molecule has 0 saturated carbocycles. The Bertz CT molecular complexity index is 519. The molecule has 88 valence electrons. The average molecular weight is 234 g/mol. The Hall–Kier alpha value is -2.21. The highest BCUT2D eigenvalue weighted by Crippen LogP contribution is 2.18. The van der Waals surface area contributed by atoms with E-state index in [1.54, 1.807) is 12.1 Å². The molecule has 0 aliphatic heterocycles. The van der Waals surface area contributed by atoms with Gasteiger partial charge in [-0.25, -0.2) is 4.79 Å². The standard InChI is InChI=1S/C11H10N2O4/c1-16-6-9-12-13-10(17-9)7-2-4-8(5-3-7)11(14)15/h2-5H,6H2,1H3,(H,14,15). The van der Waals surface area contributed by atoms with Crippen molar-refractivity contribution in [2.45, 2.75) is 6.61 Å². The second-order valence-electron chi connectivity index (χ2n) is 3.32. The van der Waals surface area contributed by atoms with Crippen molar-refractivity contribution in [3.05, 3.63) is 35.7 Å². The van der Waals surface area contributed by atoms with Crippen LogP contribution in [0.25, 0.3) is 11.5 Å². The molecule has 2 rings (SSSR count). The van der Waals surface area contributed by atoms with Gasteiger partial charge in [0.25, 0.3) is 0 Å². The minimum Gasteiger partial charge on any atom is -0.478 e. The largest absolute Gasteiger partial charge is 0.478 e. The lowest BCUT2D eigenvalue weighted by Crippen LogP contribution is -1.94. The van der Waals surface area contributed by atoms with Crippen molar-refractivity contribution in [3.63, 3.8) is 0 Å². The molecular weight excluding hydrogens is 224 g/mol. The molecule has 0 aliphatic carbocycles. The van der Waals surface area contributed by atoms with Gasteiger partial charge in [0.1, 0.15) is 6.61 Å². The van der Waals surface area contributed by atoms with E-state index < -0.39 is 5.97 Å². The highest BCUT2D eigenvalue weighted by molar-refractivity contribution is 5.88. The molecule has 0 atom stereocenters. The van der Waals surface area contributed by atoms with E-state index in [-0.39, 0.29) is 12.2 Å². The lowest BCUT2D eigenvalue weighted by molar-refractivity contribution is 0.0697. The second kappa shape index (κ2) is 4.75. The molecule has 0 aliphatic rings. The van der Waals surface area contributed by atoms with E-state index >= 15 is 0 Å². The highest BCUT2D eigenvalue weighted by Gasteiger charge is 2.09. The number of aromatic carboxylic acids is 1. The van der Waals surface area contributed by atoms with Crippen LogP contribution in [-0.4, -0.2) is 28.4 Å². The fourth-order valence-corrected chi connectivity index (χ4v) is 1.31. The van der Waals surface area contributed by atoms with Gasteiger partial charge >= 0.3 is 5.97 Å². The number of carboxylic acid groups (broad SMARTS) is 1. The van der Waals surface area contributed by atoms with Gasteiger partial charge in [0, 0.05) is 12.7 Å². The molecular formula is C11H10N2O4. The number of rotatable bonds is 4. The van der Waals surface area contributed by atoms with Gasteiger partial charge in [-0.05, 0) is 24.3 Å². The lowest BCUT2D eigenvalue weighted by atomic mass is 10.1. The van der Waals surface area contributed by atoms with Crippen molar-refractivity contribution in [2.24, 2.45) is 0 Å². The predicted molar refractivity (Wildman–Crippen MR) is 57.4 cm³/mol. The molecule has 0 unspecified atom stereocenters. The molecule has 0 amide bonds. The van der Waals surface area contributed by atoms with Crippen molar-refractivity contribution >= 4 is 5.97 Å². The Labute approximate surface area is 96.9 Å². The summed E-state index contributed by atoms with van der Waals surface area (Å²) >= 11 is 0. The Morgan fingerprint density at radius 1 is 1.35 bits per heavy atom. The molecule has 0 saturated heterocycles. The third kappa shape index (κ3) is 2.48. The van der Waals surface area contributed by atoms with Gasteiger partial charge < -0.3 is 14.3 Å². The van der Waals surface area contributed by atoms with Gasteiger partial charge in [-0.3, -0.25) is 0 Å². The Morgan fingerprint density at radius 2 is 2.06 bits per heavy atom. The number of nitrogens with zero attached hydrogens (tertiary/aromatic N) is 2. The smallest absolute Gasteiger partial charge is 0.335 e. The van der Waals surface area contributed by atoms with E-state index in [1.165, 1.54) is 19.2 Å². The molecule has 0 fully saturated rings. The summed E-state index contributed by atoms with van der Waals surface area (Å²) in [6, 6.07) is 6.21. The fourth-order valence-electron chi connectivity index (χ4n) is 1.31. The Kier molecular flexibility index (Phi) is 3.15. The third-order valence-electron chi connectivity index (χ3n) is 2.11. The fraction of sp³-hybridized carbons (Fsp3) is 0.182. The minimum atomic E-state index is -0.970. The maximum atomic E-state index is 10.7. The summed E-state index contributed by atoms with van der Waals surface area (Å²) in [5.74, 6) is -0.249. The first-order chi connectivity index (χ1) is 8.20. The number of hydrogen-bond donors (Lipinski definition) is 1. The van der Waals surface area contributed by atoms with E-state index in [1.807, 2.05) is 0 Å². The van der Waals surface area contributed by atoms with Crippen LogP contribution < -0.4 is 0 Å². The molecule has 0 spiro atoms. The summed E-state index contributed by atoms with van der Waals surface area (Å²) in [5, 5.41) is 16.4. The zero-order chi connectivity index (χ0) is 12.3. The van der Waals surface area contributed by atoms with Crippen molar-refractivity contribution in [2.75, 3.05) is 7.11 Å². The predicted octanol–water partition coefficient (Wildman–Crippen LogP) is 1.58. The first kappa shape index (κ1) is 11.3. The minimum absolute atomic E-state index is 0.213. The topological polar surface area (TPSA) is 85.5 Å². The third-order valence-corrected chi connectivity index (χ3v) is 2.11. The molecule has 1 N–H and O–H groups in total. The van der Waals surface area contributed by atoms with Crippen LogP contribution in [0.2, 0.25) is 0 Å². The number of benzene rings is 1. The van der Waals surface area contributed by atoms with Gasteiger partial charge in [-0.2, -0.15) is 0 Å². The second-order valence-corrected chi connectivity index (χ2v) is 3.32. The summed E-state index contributed by atoms with van der Waals surface area (Å²) in [5.41, 5.74) is 0.884. The molecule has 0 bridgehead atoms. The quantitative estimate of drug-likeness (QED) is 0.864. The molecule has 2 aromatic rings. The van der Waals surface area contributed by atoms with Crippen molar-refractivity contribution < 1.29 is 19.1 Å². The van der Waals surface area contributed by atoms with Crippen LogP contribution in [0.15, 0.2) is 28.7 Å². The number of aromatic nitrogens is 2. The highest BCUT2D eigenvalue weighted by atomic mass is 16.5. The number of carbonyl (C=O) groups is 1. The van der Waals surface area contributed by atoms with Crippen molar-refractivity contribution in [3.8, 4) is 11.5 Å². The van der Waals surface area contributed by atoms with E-state index in [9.17, 15) is 4.79 Å². The monoisotopic (exact) mass is 234 g/mol. The summed E-state index contributed by atoms with van der Waals surface area (Å²) < 4.78 is 10.2. The summed E-state index contributed by atoms with van der Waals surface area (Å²) in [6.07, 6.45) is 0. The Balaban J connectivity index is 2.23. The van der Waals surface area contributed by atoms with Crippen LogP contribution >= 0.6 is 0 Å². The maximum Gasteiger partial charge on any atom is 0.335 e. The zero-order valence-corrected chi connectivity index (χ0v) is 9.08. The van der Waals surface area contributed by atoms with E-state index in [2.05, 4.69) is 10.2 Å². The first-order valence-corrected chi connectivity index (χ1v) is 4.86. The van der Waals surface area contributed by atoms with Gasteiger partial charge in [0.2, 0.25) is 11.8 Å². The average Bonchev–Trinajstić information content (AvgIpc) is 2.78. The van der Waals surface area contributed by atoms with Crippen LogP contribution in [0.4, 0.5) is 0 Å². The van der Waals surface area contributed by atoms with Crippen LogP contribution in [0.5, 0.6) is 0 Å². The van der Waals surface area contributed by atoms with Gasteiger partial charge in [0.05, 0.1) is 5.56 Å². The molecule has 1 aromatic carbocycles. The number of methoxy groups -OCH3 is 1. The van der Waals surface area contributed by atoms with E-state index in [0.29, 0.717) is 17.3 Å². The normalized spacial score (nSPS) is 10.4. The maximum absolute atomic E-state index is 10.7. The molecule has 6 heteroatoms. The molecule has 1 heterocycles. The van der Waals surface area contributed by atoms with E-state index in [4.69, 9.17) is 14.3 Å². The molecule has 17 heavy (non-hydrogen) atoms. The van der Waals surface area contributed by atoms with Crippen molar-refractivity contribution in [1.29, 1.82) is 0 Å². The van der Waals surface area contributed by atoms with Gasteiger partial charge in [-0.1, -0.05) is 0 Å². The lowest BCUT2D eigenvalue weighted by Gasteiger charge is -1.96. The van der Waals surface area contributed by atoms with Gasteiger partial charge in [0.15, 0.2) is 0 Å². The SMILES string of the molecule is COCc1nnc(-c2ccc(C(=O)O)cc2)o1. The van der Waals surface area contributed by atoms with Crippen LogP contribution in [0.3, 0.4) is 0 Å². The molecule has 1 aromatic heterocycles. The summed E-state index contributed by atoms with van der Waals surface area (Å²) in [7, 11) is 1.53. The summed E-state index contributed by atoms with van der Waals surface area (Å²) in [6.45, 7) is 0.250. The number of hydrogen-bond acceptors (Lipinski definition) is 5. The van der Waals surface area contributed by atoms with Crippen molar-refractivity contribution in [1.82, 2.24) is 10.2 Å². The van der Waals surface area contributed by atoms with Crippen LogP contribution in [0.1, 0.15) is 16.2 Å².